The third-order valence-electron chi connectivity index (χ3n) is 2.88. The Morgan fingerprint density at radius 1 is 1.20 bits per heavy atom. The highest BCUT2D eigenvalue weighted by Gasteiger charge is 2.38. The van der Waals surface area contributed by atoms with Crippen molar-refractivity contribution in [2.75, 3.05) is 32.8 Å². The maximum absolute atomic E-state index is 11.9. The van der Waals surface area contributed by atoms with Crippen LogP contribution < -0.4 is 5.73 Å². The highest BCUT2D eigenvalue weighted by Crippen LogP contribution is 2.19. The molecule has 0 aromatic rings. The highest BCUT2D eigenvalue weighted by molar-refractivity contribution is 5.87. The normalized spacial score (nSPS) is 26.0. The Morgan fingerprint density at radius 2 is 1.87 bits per heavy atom. The molecule has 0 aromatic heterocycles. The largest absolute Gasteiger partial charge is 0.378 e. The zero-order chi connectivity index (χ0) is 10.8. The van der Waals surface area contributed by atoms with Crippen LogP contribution in [0.3, 0.4) is 0 Å². The first-order valence-electron chi connectivity index (χ1n) is 5.13. The van der Waals surface area contributed by atoms with E-state index in [1.54, 1.807) is 4.90 Å². The van der Waals surface area contributed by atoms with E-state index in [0.717, 1.165) is 0 Å². The molecule has 0 spiro atoms. The number of rotatable bonds is 1. The van der Waals surface area contributed by atoms with Crippen LogP contribution in [0.2, 0.25) is 0 Å². The van der Waals surface area contributed by atoms with Crippen LogP contribution in [0.1, 0.15) is 6.42 Å². The van der Waals surface area contributed by atoms with Gasteiger partial charge in [-0.15, -0.1) is 0 Å². The summed E-state index contributed by atoms with van der Waals surface area (Å²) >= 11 is 0. The zero-order valence-electron chi connectivity index (χ0n) is 8.52. The van der Waals surface area contributed by atoms with E-state index < -0.39 is 11.9 Å². The van der Waals surface area contributed by atoms with E-state index in [-0.39, 0.29) is 6.03 Å². The molecular weight excluding hydrogens is 198 g/mol. The van der Waals surface area contributed by atoms with Gasteiger partial charge >= 0.3 is 6.03 Å². The van der Waals surface area contributed by atoms with Crippen LogP contribution in [0.4, 0.5) is 4.79 Å². The molecule has 6 nitrogen and oxygen atoms in total. The quantitative estimate of drug-likeness (QED) is 0.607. The standard InChI is InChI=1S/C9H15N3O3/c10-8(13)7-1-2-12(7)9(14)11-3-5-15-6-4-11/h7H,1-6H2,(H2,10,13). The third-order valence-corrected chi connectivity index (χ3v) is 2.88. The van der Waals surface area contributed by atoms with Crippen LogP contribution in [0.15, 0.2) is 0 Å². The van der Waals surface area contributed by atoms with Gasteiger partial charge < -0.3 is 20.3 Å². The van der Waals surface area contributed by atoms with Gasteiger partial charge in [-0.3, -0.25) is 4.79 Å². The topological polar surface area (TPSA) is 75.9 Å². The van der Waals surface area contributed by atoms with E-state index in [9.17, 15) is 9.59 Å². The van der Waals surface area contributed by atoms with Crippen LogP contribution >= 0.6 is 0 Å². The molecule has 84 valence electrons. The van der Waals surface area contributed by atoms with E-state index >= 15 is 0 Å². The summed E-state index contributed by atoms with van der Waals surface area (Å²) in [4.78, 5) is 26.1. The number of hydrogen-bond donors (Lipinski definition) is 1. The predicted octanol–water partition coefficient (Wildman–Crippen LogP) is -1.00. The molecule has 6 heteroatoms. The van der Waals surface area contributed by atoms with Crippen molar-refractivity contribution in [3.8, 4) is 0 Å². The Hall–Kier alpha value is -1.30. The molecule has 1 atom stereocenters. The summed E-state index contributed by atoms with van der Waals surface area (Å²) in [6.45, 7) is 2.97. The average molecular weight is 213 g/mol. The van der Waals surface area contributed by atoms with Gasteiger partial charge in [0.05, 0.1) is 13.2 Å². The molecule has 0 saturated carbocycles. The van der Waals surface area contributed by atoms with E-state index in [1.807, 2.05) is 0 Å². The molecule has 2 aliphatic rings. The summed E-state index contributed by atoms with van der Waals surface area (Å²) in [6.07, 6.45) is 0.686. The lowest BCUT2D eigenvalue weighted by Crippen LogP contribution is -2.61. The maximum atomic E-state index is 11.9. The van der Waals surface area contributed by atoms with Crippen molar-refractivity contribution in [1.82, 2.24) is 9.80 Å². The minimum Gasteiger partial charge on any atom is -0.378 e. The molecule has 2 heterocycles. The molecule has 2 fully saturated rings. The SMILES string of the molecule is NC(=O)C1CCN1C(=O)N1CCOCC1. The minimum atomic E-state index is -0.414. The van der Waals surface area contributed by atoms with Gasteiger partial charge in [0.1, 0.15) is 6.04 Å². The van der Waals surface area contributed by atoms with Crippen molar-refractivity contribution in [3.63, 3.8) is 0 Å². The first kappa shape index (κ1) is 10.2. The molecule has 15 heavy (non-hydrogen) atoms. The Bertz CT molecular complexity index is 276. The molecule has 1 unspecified atom stereocenters. The van der Waals surface area contributed by atoms with E-state index in [1.165, 1.54) is 4.90 Å². The molecule has 0 bridgehead atoms. The predicted molar refractivity (Wildman–Crippen MR) is 52.1 cm³/mol. The van der Waals surface area contributed by atoms with Crippen molar-refractivity contribution in [1.29, 1.82) is 0 Å². The third kappa shape index (κ3) is 1.90. The summed E-state index contributed by atoms with van der Waals surface area (Å²) < 4.78 is 5.15. The van der Waals surface area contributed by atoms with Gasteiger partial charge in [0.25, 0.3) is 0 Å². The molecule has 0 aromatic carbocycles. The number of nitrogens with zero attached hydrogens (tertiary/aromatic N) is 2. The first-order chi connectivity index (χ1) is 7.20. The number of likely N-dealkylation sites (tertiary alicyclic amines) is 1. The molecule has 0 radical (unpaired) electrons. The lowest BCUT2D eigenvalue weighted by molar-refractivity contribution is -0.126. The highest BCUT2D eigenvalue weighted by atomic mass is 16.5. The summed E-state index contributed by atoms with van der Waals surface area (Å²) in [5, 5.41) is 0. The van der Waals surface area contributed by atoms with Crippen LogP contribution in [0.5, 0.6) is 0 Å². The van der Waals surface area contributed by atoms with Gasteiger partial charge in [0, 0.05) is 19.6 Å². The van der Waals surface area contributed by atoms with E-state index in [4.69, 9.17) is 10.5 Å². The second-order valence-corrected chi connectivity index (χ2v) is 3.78. The second kappa shape index (κ2) is 4.06. The van der Waals surface area contributed by atoms with Crippen molar-refractivity contribution < 1.29 is 14.3 Å². The number of nitrogens with two attached hydrogens (primary N) is 1. The van der Waals surface area contributed by atoms with Gasteiger partial charge in [0.15, 0.2) is 0 Å². The Kier molecular flexibility index (Phi) is 2.77. The summed E-state index contributed by atoms with van der Waals surface area (Å²) in [5.41, 5.74) is 5.18. The molecule has 2 saturated heterocycles. The number of urea groups is 1. The van der Waals surface area contributed by atoms with Crippen LogP contribution in [-0.2, 0) is 9.53 Å². The van der Waals surface area contributed by atoms with Gasteiger partial charge in [-0.1, -0.05) is 0 Å². The Morgan fingerprint density at radius 3 is 2.33 bits per heavy atom. The van der Waals surface area contributed by atoms with E-state index in [0.29, 0.717) is 39.3 Å². The molecule has 2 rings (SSSR count). The van der Waals surface area contributed by atoms with Crippen LogP contribution in [0.25, 0.3) is 0 Å². The van der Waals surface area contributed by atoms with Gasteiger partial charge in [-0.05, 0) is 6.42 Å². The van der Waals surface area contributed by atoms with Gasteiger partial charge in [-0.25, -0.2) is 4.79 Å². The fourth-order valence-corrected chi connectivity index (χ4v) is 1.85. The lowest BCUT2D eigenvalue weighted by atomic mass is 10.0. The maximum Gasteiger partial charge on any atom is 0.320 e. The van der Waals surface area contributed by atoms with Crippen molar-refractivity contribution in [2.45, 2.75) is 12.5 Å². The first-order valence-corrected chi connectivity index (χ1v) is 5.13. The molecule has 2 aliphatic heterocycles. The molecular formula is C9H15N3O3. The monoisotopic (exact) mass is 213 g/mol. The average Bonchev–Trinajstić information content (AvgIpc) is 2.16. The summed E-state index contributed by atoms with van der Waals surface area (Å²) in [7, 11) is 0. The van der Waals surface area contributed by atoms with Crippen molar-refractivity contribution in [2.24, 2.45) is 5.73 Å². The van der Waals surface area contributed by atoms with Gasteiger partial charge in [-0.2, -0.15) is 0 Å². The summed E-state index contributed by atoms with van der Waals surface area (Å²) in [5.74, 6) is -0.414. The zero-order valence-corrected chi connectivity index (χ0v) is 8.52. The van der Waals surface area contributed by atoms with Crippen molar-refractivity contribution in [3.05, 3.63) is 0 Å². The summed E-state index contributed by atoms with van der Waals surface area (Å²) in [6, 6.07) is -0.492. The Balaban J connectivity index is 1.92. The number of carbonyl (C=O) groups is 2. The number of amides is 3. The fourth-order valence-electron chi connectivity index (χ4n) is 1.85. The van der Waals surface area contributed by atoms with Crippen LogP contribution in [0, 0.1) is 0 Å². The molecule has 3 amide bonds. The molecule has 0 aliphatic carbocycles. The van der Waals surface area contributed by atoms with E-state index in [2.05, 4.69) is 0 Å². The lowest BCUT2D eigenvalue weighted by Gasteiger charge is -2.42. The minimum absolute atomic E-state index is 0.0895. The number of hydrogen-bond acceptors (Lipinski definition) is 3. The molecule has 2 N–H and O–H groups in total. The number of ether oxygens (including phenoxy) is 1. The Labute approximate surface area is 87.9 Å². The fraction of sp³-hybridized carbons (Fsp3) is 0.778. The smallest absolute Gasteiger partial charge is 0.320 e. The number of morpholine rings is 1. The second-order valence-electron chi connectivity index (χ2n) is 3.78. The number of carbonyl (C=O) groups excluding carboxylic acids is 2. The van der Waals surface area contributed by atoms with Crippen molar-refractivity contribution >= 4 is 11.9 Å². The van der Waals surface area contributed by atoms with Gasteiger partial charge in [0.2, 0.25) is 5.91 Å². The number of primary amides is 1. The van der Waals surface area contributed by atoms with Crippen LogP contribution in [-0.4, -0.2) is 60.6 Å².